The van der Waals surface area contributed by atoms with Crippen LogP contribution in [-0.2, 0) is 5.41 Å². The summed E-state index contributed by atoms with van der Waals surface area (Å²) in [4.78, 5) is 8.28. The minimum Gasteiger partial charge on any atom is -0.265 e. The summed E-state index contributed by atoms with van der Waals surface area (Å²) in [5, 5.41) is 0. The van der Waals surface area contributed by atoms with Gasteiger partial charge in [0.05, 0.1) is 0 Å². The van der Waals surface area contributed by atoms with Crippen LogP contribution >= 0.6 is 0 Å². The molecule has 148 valence electrons. The van der Waals surface area contributed by atoms with Crippen LogP contribution in [0, 0.1) is 0 Å². The second-order valence-electron chi connectivity index (χ2n) is 8.27. The second kappa shape index (κ2) is 8.23. The lowest BCUT2D eigenvalue weighted by Gasteiger charge is -2.39. The standard InChI is InChI=1S/C28H26N2/c1-2-16-28(17-3-1,26-8-4-22(5-9-26)24-12-18-29-19-13-24)27-10-6-23(7-11-27)25-14-20-30-21-15-25/h4-15,18-21H,1-3,16-17H2. The predicted molar refractivity (Wildman–Crippen MR) is 123 cm³/mol. The van der Waals surface area contributed by atoms with Crippen LogP contribution in [0.4, 0.5) is 0 Å². The molecule has 0 radical (unpaired) electrons. The molecular weight excluding hydrogens is 364 g/mol. The van der Waals surface area contributed by atoms with Gasteiger partial charge in [0.2, 0.25) is 0 Å². The van der Waals surface area contributed by atoms with E-state index in [1.54, 1.807) is 0 Å². The average Bonchev–Trinajstić information content (AvgIpc) is 2.86. The van der Waals surface area contributed by atoms with Crippen LogP contribution < -0.4 is 0 Å². The summed E-state index contributed by atoms with van der Waals surface area (Å²) in [5.41, 5.74) is 7.94. The van der Waals surface area contributed by atoms with Gasteiger partial charge in [-0.3, -0.25) is 9.97 Å². The maximum Gasteiger partial charge on any atom is 0.0273 e. The summed E-state index contributed by atoms with van der Waals surface area (Å²) in [6.45, 7) is 0. The lowest BCUT2D eigenvalue weighted by molar-refractivity contribution is 0.346. The molecule has 0 atom stereocenters. The molecule has 1 aliphatic carbocycles. The number of hydrogen-bond donors (Lipinski definition) is 0. The van der Waals surface area contributed by atoms with Gasteiger partial charge in [-0.25, -0.2) is 0 Å². The van der Waals surface area contributed by atoms with Gasteiger partial charge in [-0.2, -0.15) is 0 Å². The Kier molecular flexibility index (Phi) is 5.15. The molecule has 0 bridgehead atoms. The SMILES string of the molecule is c1cc(-c2ccc(C3(c4ccc(-c5ccncc5)cc4)CCCCC3)cc2)ccn1. The third kappa shape index (κ3) is 3.54. The molecule has 5 rings (SSSR count). The van der Waals surface area contributed by atoms with Gasteiger partial charge < -0.3 is 0 Å². The maximum atomic E-state index is 4.14. The number of pyridine rings is 2. The van der Waals surface area contributed by atoms with Crippen LogP contribution in [0.25, 0.3) is 22.3 Å². The molecule has 0 amide bonds. The second-order valence-corrected chi connectivity index (χ2v) is 8.27. The average molecular weight is 391 g/mol. The molecule has 1 fully saturated rings. The first-order valence-electron chi connectivity index (χ1n) is 10.9. The summed E-state index contributed by atoms with van der Waals surface area (Å²) in [6.07, 6.45) is 13.8. The summed E-state index contributed by atoms with van der Waals surface area (Å²) < 4.78 is 0. The molecule has 2 heterocycles. The van der Waals surface area contributed by atoms with Gasteiger partial charge >= 0.3 is 0 Å². The van der Waals surface area contributed by atoms with Crippen molar-refractivity contribution in [1.29, 1.82) is 0 Å². The first-order chi connectivity index (χ1) is 14.9. The van der Waals surface area contributed by atoms with E-state index in [9.17, 15) is 0 Å². The van der Waals surface area contributed by atoms with Crippen molar-refractivity contribution in [2.24, 2.45) is 0 Å². The molecule has 2 aromatic carbocycles. The van der Waals surface area contributed by atoms with Gasteiger partial charge in [-0.1, -0.05) is 67.8 Å². The Hall–Kier alpha value is -3.26. The minimum absolute atomic E-state index is 0.117. The lowest BCUT2D eigenvalue weighted by atomic mass is 9.65. The molecule has 2 heteroatoms. The van der Waals surface area contributed by atoms with Gasteiger partial charge in [0.15, 0.2) is 0 Å². The molecule has 2 aromatic heterocycles. The fourth-order valence-corrected chi connectivity index (χ4v) is 4.95. The normalized spacial score (nSPS) is 15.6. The van der Waals surface area contributed by atoms with Gasteiger partial charge in [-0.05, 0) is 70.5 Å². The van der Waals surface area contributed by atoms with Gasteiger partial charge in [0.25, 0.3) is 0 Å². The van der Waals surface area contributed by atoms with E-state index in [1.807, 2.05) is 24.8 Å². The van der Waals surface area contributed by atoms with Crippen LogP contribution in [0.3, 0.4) is 0 Å². The molecule has 0 N–H and O–H groups in total. The van der Waals surface area contributed by atoms with E-state index < -0.39 is 0 Å². The summed E-state index contributed by atoms with van der Waals surface area (Å²) in [7, 11) is 0. The van der Waals surface area contributed by atoms with Crippen LogP contribution in [0.2, 0.25) is 0 Å². The van der Waals surface area contributed by atoms with Crippen molar-refractivity contribution >= 4 is 0 Å². The number of aromatic nitrogens is 2. The van der Waals surface area contributed by atoms with Crippen molar-refractivity contribution in [3.05, 3.63) is 109 Å². The van der Waals surface area contributed by atoms with E-state index in [0.717, 1.165) is 0 Å². The molecule has 2 nitrogen and oxygen atoms in total. The van der Waals surface area contributed by atoms with Crippen molar-refractivity contribution in [1.82, 2.24) is 9.97 Å². The summed E-state index contributed by atoms with van der Waals surface area (Å²) in [6, 6.07) is 26.8. The molecule has 0 aliphatic heterocycles. The topological polar surface area (TPSA) is 25.8 Å². The fourth-order valence-electron chi connectivity index (χ4n) is 4.95. The largest absolute Gasteiger partial charge is 0.265 e. The van der Waals surface area contributed by atoms with E-state index in [1.165, 1.54) is 65.5 Å². The van der Waals surface area contributed by atoms with Gasteiger partial charge in [0, 0.05) is 30.2 Å². The molecule has 30 heavy (non-hydrogen) atoms. The Bertz CT molecular complexity index is 994. The predicted octanol–water partition coefficient (Wildman–Crippen LogP) is 7.06. The van der Waals surface area contributed by atoms with E-state index in [0.29, 0.717) is 0 Å². The lowest BCUT2D eigenvalue weighted by Crippen LogP contribution is -2.30. The van der Waals surface area contributed by atoms with Gasteiger partial charge in [-0.15, -0.1) is 0 Å². The molecule has 1 saturated carbocycles. The quantitative estimate of drug-likeness (QED) is 0.373. The zero-order valence-corrected chi connectivity index (χ0v) is 17.2. The monoisotopic (exact) mass is 390 g/mol. The van der Waals surface area contributed by atoms with Crippen LogP contribution in [-0.4, -0.2) is 9.97 Å². The van der Waals surface area contributed by atoms with Crippen molar-refractivity contribution in [2.45, 2.75) is 37.5 Å². The van der Waals surface area contributed by atoms with Gasteiger partial charge in [0.1, 0.15) is 0 Å². The first kappa shape index (κ1) is 18.7. The number of benzene rings is 2. The van der Waals surface area contributed by atoms with Crippen LogP contribution in [0.1, 0.15) is 43.2 Å². The summed E-state index contributed by atoms with van der Waals surface area (Å²) >= 11 is 0. The highest BCUT2D eigenvalue weighted by Crippen LogP contribution is 2.45. The zero-order chi connectivity index (χ0) is 20.2. The molecule has 0 spiro atoms. The first-order valence-corrected chi connectivity index (χ1v) is 10.9. The Balaban J connectivity index is 1.51. The highest BCUT2D eigenvalue weighted by Gasteiger charge is 2.35. The van der Waals surface area contributed by atoms with E-state index >= 15 is 0 Å². The fraction of sp³-hybridized carbons (Fsp3) is 0.214. The molecular formula is C28H26N2. The number of nitrogens with zero attached hydrogens (tertiary/aromatic N) is 2. The summed E-state index contributed by atoms with van der Waals surface area (Å²) in [5.74, 6) is 0. The van der Waals surface area contributed by atoms with Crippen LogP contribution in [0.15, 0.2) is 97.6 Å². The Morgan fingerprint density at radius 3 is 1.20 bits per heavy atom. The van der Waals surface area contributed by atoms with Crippen molar-refractivity contribution < 1.29 is 0 Å². The van der Waals surface area contributed by atoms with Crippen molar-refractivity contribution in [3.8, 4) is 22.3 Å². The van der Waals surface area contributed by atoms with E-state index in [4.69, 9.17) is 0 Å². The third-order valence-electron chi connectivity index (χ3n) is 6.61. The molecule has 0 unspecified atom stereocenters. The van der Waals surface area contributed by atoms with Crippen molar-refractivity contribution in [3.63, 3.8) is 0 Å². The number of rotatable bonds is 4. The van der Waals surface area contributed by atoms with Crippen molar-refractivity contribution in [2.75, 3.05) is 0 Å². The highest BCUT2D eigenvalue weighted by atomic mass is 14.6. The van der Waals surface area contributed by atoms with E-state index in [-0.39, 0.29) is 5.41 Å². The minimum atomic E-state index is 0.117. The number of hydrogen-bond acceptors (Lipinski definition) is 2. The Labute approximate surface area is 178 Å². The smallest absolute Gasteiger partial charge is 0.0273 e. The zero-order valence-electron chi connectivity index (χ0n) is 17.2. The molecule has 4 aromatic rings. The Morgan fingerprint density at radius 2 is 0.800 bits per heavy atom. The Morgan fingerprint density at radius 1 is 0.433 bits per heavy atom. The highest BCUT2D eigenvalue weighted by molar-refractivity contribution is 5.65. The maximum absolute atomic E-state index is 4.14. The van der Waals surface area contributed by atoms with E-state index in [2.05, 4.69) is 82.8 Å². The van der Waals surface area contributed by atoms with Crippen LogP contribution in [0.5, 0.6) is 0 Å². The third-order valence-corrected chi connectivity index (χ3v) is 6.61. The molecule has 1 aliphatic rings. The molecule has 0 saturated heterocycles.